The Hall–Kier alpha value is -2.78. The van der Waals surface area contributed by atoms with Crippen LogP contribution in [0.25, 0.3) is 0 Å². The predicted molar refractivity (Wildman–Crippen MR) is 95.3 cm³/mol. The number of hydrogen-bond donors (Lipinski definition) is 4. The Bertz CT molecular complexity index is 719. The van der Waals surface area contributed by atoms with E-state index >= 15 is 0 Å². The molecule has 0 bridgehead atoms. The van der Waals surface area contributed by atoms with Crippen LogP contribution in [0.3, 0.4) is 0 Å². The van der Waals surface area contributed by atoms with E-state index in [1.165, 1.54) is 6.20 Å². The fraction of sp³-hybridized carbons (Fsp3) is 0.412. The van der Waals surface area contributed by atoms with Crippen LogP contribution in [0.1, 0.15) is 30.1 Å². The Morgan fingerprint density at radius 3 is 2.77 bits per heavy atom. The lowest BCUT2D eigenvalue weighted by atomic mass is 9.94. The summed E-state index contributed by atoms with van der Waals surface area (Å²) in [5.41, 5.74) is 7.92. The molecule has 0 spiro atoms. The van der Waals surface area contributed by atoms with Crippen LogP contribution in [-0.4, -0.2) is 41.7 Å². The third-order valence-corrected chi connectivity index (χ3v) is 4.06. The molecule has 9 nitrogen and oxygen atoms in total. The fourth-order valence-corrected chi connectivity index (χ4v) is 2.73. The highest BCUT2D eigenvalue weighted by Gasteiger charge is 2.29. The summed E-state index contributed by atoms with van der Waals surface area (Å²) in [5, 5.41) is 24.6. The topological polar surface area (TPSA) is 145 Å². The summed E-state index contributed by atoms with van der Waals surface area (Å²) in [7, 11) is 0. The summed E-state index contributed by atoms with van der Waals surface area (Å²) in [6.07, 6.45) is 0.659. The Balaban J connectivity index is 2.26. The quantitative estimate of drug-likeness (QED) is 0.372. The second kappa shape index (κ2) is 9.07. The largest absolute Gasteiger partial charge is 0.481 e. The Morgan fingerprint density at radius 2 is 2.12 bits per heavy atom. The van der Waals surface area contributed by atoms with Crippen molar-refractivity contribution in [1.82, 2.24) is 5.32 Å². The third-order valence-electron chi connectivity index (χ3n) is 4.06. The normalized spacial score (nSPS) is 15.8. The highest BCUT2D eigenvalue weighted by atomic mass is 16.4. The second-order valence-corrected chi connectivity index (χ2v) is 5.88. The average Bonchev–Trinajstić information content (AvgIpc) is 2.62. The van der Waals surface area contributed by atoms with Gasteiger partial charge in [-0.1, -0.05) is 17.3 Å². The van der Waals surface area contributed by atoms with Crippen molar-refractivity contribution in [3.05, 3.63) is 46.0 Å². The van der Waals surface area contributed by atoms with Crippen LogP contribution in [0.2, 0.25) is 0 Å². The molecular formula is C17H22N4O5. The van der Waals surface area contributed by atoms with Gasteiger partial charge in [-0.3, -0.25) is 9.59 Å². The number of hydrogen-bond acceptors (Lipinski definition) is 7. The van der Waals surface area contributed by atoms with E-state index in [1.54, 1.807) is 17.0 Å². The van der Waals surface area contributed by atoms with Crippen LogP contribution in [0.4, 0.5) is 5.69 Å². The van der Waals surface area contributed by atoms with Gasteiger partial charge in [0.1, 0.15) is 6.10 Å². The lowest BCUT2D eigenvalue weighted by molar-refractivity contribution is -0.136. The average molecular weight is 362 g/mol. The first-order valence-corrected chi connectivity index (χ1v) is 8.26. The molecule has 2 rings (SSSR count). The maximum absolute atomic E-state index is 12.4. The number of carboxylic acids is 1. The smallest absolute Gasteiger partial charge is 0.305 e. The Morgan fingerprint density at radius 1 is 1.35 bits per heavy atom. The number of carbonyl (C=O) groups excluding carboxylic acids is 1. The van der Waals surface area contributed by atoms with Gasteiger partial charge in [-0.2, -0.15) is 4.91 Å². The number of aliphatic carboxylic acids is 1. The number of carbonyl (C=O) groups is 2. The van der Waals surface area contributed by atoms with Crippen LogP contribution >= 0.6 is 0 Å². The van der Waals surface area contributed by atoms with Crippen molar-refractivity contribution in [2.45, 2.75) is 25.5 Å². The summed E-state index contributed by atoms with van der Waals surface area (Å²) in [6, 6.07) is 5.33. The molecule has 9 heteroatoms. The number of aliphatic hydroxyl groups is 1. The number of carboxylic acid groups (broad SMARTS) is 1. The van der Waals surface area contributed by atoms with Crippen LogP contribution in [-0.2, 0) is 16.1 Å². The number of fused-ring (bicyclic) bond motifs is 1. The van der Waals surface area contributed by atoms with Crippen molar-refractivity contribution in [3.8, 4) is 0 Å². The van der Waals surface area contributed by atoms with Gasteiger partial charge in [0.05, 0.1) is 18.5 Å². The molecule has 1 amide bonds. The lowest BCUT2D eigenvalue weighted by Crippen LogP contribution is -2.34. The summed E-state index contributed by atoms with van der Waals surface area (Å²) in [5.74, 6) is -1.56. The maximum Gasteiger partial charge on any atom is 0.305 e. The number of nitrogens with two attached hydrogens (primary N) is 1. The molecule has 0 saturated heterocycles. The van der Waals surface area contributed by atoms with Crippen molar-refractivity contribution in [2.24, 2.45) is 10.9 Å². The van der Waals surface area contributed by atoms with E-state index in [4.69, 9.17) is 10.8 Å². The summed E-state index contributed by atoms with van der Waals surface area (Å²) in [6.45, 7) is 0.871. The van der Waals surface area contributed by atoms with Crippen molar-refractivity contribution in [2.75, 3.05) is 24.5 Å². The Kier molecular flexibility index (Phi) is 6.81. The molecule has 1 atom stereocenters. The van der Waals surface area contributed by atoms with Gasteiger partial charge in [0.15, 0.2) is 0 Å². The molecule has 0 radical (unpaired) electrons. The molecule has 0 fully saturated rings. The van der Waals surface area contributed by atoms with Crippen LogP contribution in [0.5, 0.6) is 0 Å². The van der Waals surface area contributed by atoms with Gasteiger partial charge in [-0.05, 0) is 18.1 Å². The van der Waals surface area contributed by atoms with E-state index in [9.17, 15) is 19.6 Å². The van der Waals surface area contributed by atoms with Gasteiger partial charge < -0.3 is 26.2 Å². The number of nitrogens with one attached hydrogen (secondary N) is 1. The zero-order chi connectivity index (χ0) is 19.1. The standard InChI is InChI=1S/C17H22N4O5/c18-9-11-2-3-12-14(8-11)21(7-1-5-20-26)10-13(16(12)24)17(25)19-6-4-15(22)23/h2-3,8,10,16,24H,1,4-7,9,18H2,(H,19,25)(H,22,23)/t16-/m0/s1. The summed E-state index contributed by atoms with van der Waals surface area (Å²) >= 11 is 0. The van der Waals surface area contributed by atoms with Gasteiger partial charge in [-0.25, -0.2) is 0 Å². The molecule has 140 valence electrons. The molecule has 1 aromatic rings. The monoisotopic (exact) mass is 362 g/mol. The first-order chi connectivity index (χ1) is 12.5. The van der Waals surface area contributed by atoms with Crippen LogP contribution in [0.15, 0.2) is 35.1 Å². The van der Waals surface area contributed by atoms with Crippen molar-refractivity contribution in [3.63, 3.8) is 0 Å². The number of amides is 1. The first kappa shape index (κ1) is 19.5. The van der Waals surface area contributed by atoms with Gasteiger partial charge in [0.25, 0.3) is 5.91 Å². The SMILES string of the molecule is NCc1ccc2c(c1)N(CCCN=O)C=C(C(=O)NCCC(=O)O)[C@H]2O. The summed E-state index contributed by atoms with van der Waals surface area (Å²) in [4.78, 5) is 35.0. The van der Waals surface area contributed by atoms with Gasteiger partial charge in [0.2, 0.25) is 0 Å². The highest BCUT2D eigenvalue weighted by Crippen LogP contribution is 2.37. The van der Waals surface area contributed by atoms with E-state index < -0.39 is 18.0 Å². The minimum absolute atomic E-state index is 0.0355. The first-order valence-electron chi connectivity index (χ1n) is 8.26. The van der Waals surface area contributed by atoms with E-state index in [0.717, 1.165) is 5.56 Å². The number of benzene rings is 1. The van der Waals surface area contributed by atoms with Crippen molar-refractivity contribution < 1.29 is 19.8 Å². The second-order valence-electron chi connectivity index (χ2n) is 5.88. The molecule has 5 N–H and O–H groups in total. The van der Waals surface area contributed by atoms with E-state index in [-0.39, 0.29) is 25.1 Å². The number of nitrogens with zero attached hydrogens (tertiary/aromatic N) is 2. The molecule has 1 aliphatic rings. The van der Waals surface area contributed by atoms with Gasteiger partial charge >= 0.3 is 5.97 Å². The minimum Gasteiger partial charge on any atom is -0.481 e. The molecule has 0 aliphatic carbocycles. The number of nitroso groups, excluding NO2 is 1. The Labute approximate surface area is 150 Å². The number of rotatable bonds is 9. The molecule has 0 saturated carbocycles. The summed E-state index contributed by atoms with van der Waals surface area (Å²) < 4.78 is 0. The van der Waals surface area contributed by atoms with E-state index in [2.05, 4.69) is 10.5 Å². The molecule has 0 unspecified atom stereocenters. The molecule has 1 aromatic carbocycles. The van der Waals surface area contributed by atoms with E-state index in [0.29, 0.717) is 30.8 Å². The van der Waals surface area contributed by atoms with Crippen molar-refractivity contribution in [1.29, 1.82) is 0 Å². The van der Waals surface area contributed by atoms with E-state index in [1.807, 2.05) is 6.07 Å². The van der Waals surface area contributed by atoms with Crippen molar-refractivity contribution >= 4 is 17.6 Å². The highest BCUT2D eigenvalue weighted by molar-refractivity contribution is 5.96. The molecular weight excluding hydrogens is 340 g/mol. The maximum atomic E-state index is 12.4. The minimum atomic E-state index is -1.14. The predicted octanol–water partition coefficient (Wildman–Crippen LogP) is 0.630. The molecule has 26 heavy (non-hydrogen) atoms. The van der Waals surface area contributed by atoms with Gasteiger partial charge in [0, 0.05) is 37.1 Å². The molecule has 1 heterocycles. The van der Waals surface area contributed by atoms with Gasteiger partial charge in [-0.15, -0.1) is 0 Å². The zero-order valence-corrected chi connectivity index (χ0v) is 14.2. The number of anilines is 1. The van der Waals surface area contributed by atoms with Crippen LogP contribution in [0, 0.1) is 4.91 Å². The zero-order valence-electron chi connectivity index (χ0n) is 14.2. The van der Waals surface area contributed by atoms with Crippen LogP contribution < -0.4 is 16.0 Å². The fourth-order valence-electron chi connectivity index (χ4n) is 2.73. The molecule has 1 aliphatic heterocycles. The third kappa shape index (κ3) is 4.64. The molecule has 0 aromatic heterocycles. The number of aliphatic hydroxyl groups excluding tert-OH is 1. The lowest BCUT2D eigenvalue weighted by Gasteiger charge is -2.32.